The van der Waals surface area contributed by atoms with E-state index in [9.17, 15) is 14.7 Å². The average molecular weight is 273 g/mol. The van der Waals surface area contributed by atoms with Crippen molar-refractivity contribution in [3.05, 3.63) is 0 Å². The van der Waals surface area contributed by atoms with Gasteiger partial charge in [-0.25, -0.2) is 4.79 Å². The fourth-order valence-electron chi connectivity index (χ4n) is 2.12. The highest BCUT2D eigenvalue weighted by molar-refractivity contribution is 7.98. The normalized spacial score (nSPS) is 18.1. The Morgan fingerprint density at radius 2 is 2.00 bits per heavy atom. The maximum absolute atomic E-state index is 11.7. The fraction of sp³-hybridized carbons (Fsp3) is 0.833. The second-order valence-electron chi connectivity index (χ2n) is 4.61. The van der Waals surface area contributed by atoms with Crippen LogP contribution >= 0.6 is 11.8 Å². The van der Waals surface area contributed by atoms with Gasteiger partial charge in [-0.1, -0.05) is 19.3 Å². The molecular weight excluding hydrogens is 252 g/mol. The quantitative estimate of drug-likeness (QED) is 0.738. The summed E-state index contributed by atoms with van der Waals surface area (Å²) in [5.74, 6) is -0.537. The molecule has 1 aliphatic carbocycles. The first-order valence-electron chi connectivity index (χ1n) is 6.40. The van der Waals surface area contributed by atoms with Gasteiger partial charge in [0.05, 0.1) is 12.0 Å². The summed E-state index contributed by atoms with van der Waals surface area (Å²) in [6.07, 6.45) is 7.72. The van der Waals surface area contributed by atoms with Crippen molar-refractivity contribution >= 4 is 23.8 Å². The van der Waals surface area contributed by atoms with Gasteiger partial charge in [0.15, 0.2) is 0 Å². The van der Waals surface area contributed by atoms with E-state index < -0.39 is 18.0 Å². The minimum absolute atomic E-state index is 0.182. The van der Waals surface area contributed by atoms with Gasteiger partial charge in [0.1, 0.15) is 0 Å². The molecule has 2 amide bonds. The monoisotopic (exact) mass is 273 g/mol. The van der Waals surface area contributed by atoms with Crippen LogP contribution in [0.2, 0.25) is 0 Å². The Bertz CT molecular complexity index is 280. The molecule has 0 aliphatic heterocycles. The molecule has 1 aliphatic rings. The highest BCUT2D eigenvalue weighted by atomic mass is 32.2. The molecule has 1 fully saturated rings. The Hall–Kier alpha value is -0.910. The second-order valence-corrected chi connectivity index (χ2v) is 5.59. The molecule has 2 N–H and O–H groups in total. The van der Waals surface area contributed by atoms with E-state index in [0.717, 1.165) is 25.7 Å². The Morgan fingerprint density at radius 3 is 2.56 bits per heavy atom. The van der Waals surface area contributed by atoms with Crippen LogP contribution in [-0.4, -0.2) is 36.1 Å². The minimum Gasteiger partial charge on any atom is -0.548 e. The summed E-state index contributed by atoms with van der Waals surface area (Å²) >= 11 is 1.55. The number of nitrogens with one attached hydrogen (secondary N) is 2. The van der Waals surface area contributed by atoms with E-state index in [1.165, 1.54) is 6.42 Å². The van der Waals surface area contributed by atoms with Crippen molar-refractivity contribution in [2.75, 3.05) is 12.0 Å². The van der Waals surface area contributed by atoms with Crippen LogP contribution in [0.4, 0.5) is 4.79 Å². The molecule has 6 heteroatoms. The Labute approximate surface area is 112 Å². The number of carboxylic acid groups (broad SMARTS) is 1. The van der Waals surface area contributed by atoms with Crippen molar-refractivity contribution in [1.82, 2.24) is 10.6 Å². The Balaban J connectivity index is 2.32. The summed E-state index contributed by atoms with van der Waals surface area (Å²) in [5, 5.41) is 16.2. The van der Waals surface area contributed by atoms with Crippen LogP contribution in [-0.2, 0) is 4.79 Å². The number of rotatable bonds is 6. The lowest BCUT2D eigenvalue weighted by molar-refractivity contribution is -0.308. The number of aliphatic carboxylic acids is 1. The molecule has 0 bridgehead atoms. The van der Waals surface area contributed by atoms with Crippen LogP contribution in [0, 0.1) is 0 Å². The van der Waals surface area contributed by atoms with Crippen LogP contribution < -0.4 is 15.7 Å². The third-order valence-corrected chi connectivity index (χ3v) is 3.78. The zero-order valence-corrected chi connectivity index (χ0v) is 11.6. The van der Waals surface area contributed by atoms with E-state index in [4.69, 9.17) is 0 Å². The first-order chi connectivity index (χ1) is 8.63. The van der Waals surface area contributed by atoms with Gasteiger partial charge in [-0.3, -0.25) is 0 Å². The number of carboxylic acids is 1. The lowest BCUT2D eigenvalue weighted by Crippen LogP contribution is -2.53. The van der Waals surface area contributed by atoms with Gasteiger partial charge in [0.2, 0.25) is 0 Å². The van der Waals surface area contributed by atoms with Gasteiger partial charge >= 0.3 is 6.03 Å². The summed E-state index contributed by atoms with van der Waals surface area (Å²) in [5.41, 5.74) is 0. The van der Waals surface area contributed by atoms with E-state index >= 15 is 0 Å². The lowest BCUT2D eigenvalue weighted by atomic mass is 9.96. The van der Waals surface area contributed by atoms with Crippen molar-refractivity contribution < 1.29 is 14.7 Å². The predicted octanol–water partition coefficient (Wildman–Crippen LogP) is 0.490. The molecule has 1 saturated carbocycles. The zero-order chi connectivity index (χ0) is 13.4. The van der Waals surface area contributed by atoms with Crippen LogP contribution in [0.15, 0.2) is 0 Å². The van der Waals surface area contributed by atoms with E-state index in [1.807, 2.05) is 6.26 Å². The molecule has 0 unspecified atom stereocenters. The minimum atomic E-state index is -1.22. The van der Waals surface area contributed by atoms with Crippen molar-refractivity contribution in [1.29, 1.82) is 0 Å². The molecule has 0 spiro atoms. The lowest BCUT2D eigenvalue weighted by Gasteiger charge is -2.25. The third kappa shape index (κ3) is 5.62. The number of carbonyl (C=O) groups is 2. The van der Waals surface area contributed by atoms with Gasteiger partial charge in [-0.2, -0.15) is 11.8 Å². The molecule has 5 nitrogen and oxygen atoms in total. The van der Waals surface area contributed by atoms with Gasteiger partial charge in [-0.05, 0) is 31.3 Å². The smallest absolute Gasteiger partial charge is 0.315 e. The van der Waals surface area contributed by atoms with E-state index in [2.05, 4.69) is 10.6 Å². The number of hydrogen-bond donors (Lipinski definition) is 2. The molecular formula is C12H21N2O3S-. The molecule has 0 aromatic carbocycles. The topological polar surface area (TPSA) is 81.3 Å². The van der Waals surface area contributed by atoms with E-state index in [1.54, 1.807) is 11.8 Å². The highest BCUT2D eigenvalue weighted by Crippen LogP contribution is 2.17. The molecule has 18 heavy (non-hydrogen) atoms. The van der Waals surface area contributed by atoms with Crippen LogP contribution in [0.1, 0.15) is 38.5 Å². The number of urea groups is 1. The van der Waals surface area contributed by atoms with Crippen molar-refractivity contribution in [2.45, 2.75) is 50.6 Å². The SMILES string of the molecule is CSCC[C@H](NC(=O)NC1CCCCC1)C(=O)[O-]. The number of thioether (sulfide) groups is 1. The maximum Gasteiger partial charge on any atom is 0.315 e. The van der Waals surface area contributed by atoms with Crippen molar-refractivity contribution in [3.8, 4) is 0 Å². The summed E-state index contributed by atoms with van der Waals surface area (Å²) in [6, 6.07) is -1.11. The summed E-state index contributed by atoms with van der Waals surface area (Å²) in [4.78, 5) is 22.5. The molecule has 0 aromatic rings. The molecule has 1 atom stereocenters. The maximum atomic E-state index is 11.7. The molecule has 0 heterocycles. The van der Waals surface area contributed by atoms with Crippen molar-refractivity contribution in [2.24, 2.45) is 0 Å². The number of carbonyl (C=O) groups excluding carboxylic acids is 2. The van der Waals surface area contributed by atoms with Crippen LogP contribution in [0.25, 0.3) is 0 Å². The van der Waals surface area contributed by atoms with Crippen molar-refractivity contribution in [3.63, 3.8) is 0 Å². The summed E-state index contributed by atoms with van der Waals surface area (Å²) in [6.45, 7) is 0. The second kappa shape index (κ2) is 8.24. The van der Waals surface area contributed by atoms with Crippen LogP contribution in [0.5, 0.6) is 0 Å². The van der Waals surface area contributed by atoms with E-state index in [0.29, 0.717) is 12.2 Å². The number of amides is 2. The standard InChI is InChI=1S/C12H22N2O3S/c1-18-8-7-10(11(15)16)14-12(17)13-9-5-3-2-4-6-9/h9-10H,2-8H2,1H3,(H,15,16)(H2,13,14,17)/p-1/t10-/m0/s1. The average Bonchev–Trinajstić information content (AvgIpc) is 2.35. The first kappa shape index (κ1) is 15.1. The Morgan fingerprint density at radius 1 is 1.33 bits per heavy atom. The van der Waals surface area contributed by atoms with Gasteiger partial charge < -0.3 is 20.5 Å². The first-order valence-corrected chi connectivity index (χ1v) is 7.79. The molecule has 104 valence electrons. The molecule has 0 radical (unpaired) electrons. The third-order valence-electron chi connectivity index (χ3n) is 3.14. The largest absolute Gasteiger partial charge is 0.548 e. The fourth-order valence-corrected chi connectivity index (χ4v) is 2.59. The zero-order valence-electron chi connectivity index (χ0n) is 10.7. The van der Waals surface area contributed by atoms with Crippen LogP contribution in [0.3, 0.4) is 0 Å². The van der Waals surface area contributed by atoms with Gasteiger partial charge in [-0.15, -0.1) is 0 Å². The summed E-state index contributed by atoms with van der Waals surface area (Å²) in [7, 11) is 0. The van der Waals surface area contributed by atoms with E-state index in [-0.39, 0.29) is 6.04 Å². The molecule has 0 saturated heterocycles. The highest BCUT2D eigenvalue weighted by Gasteiger charge is 2.18. The van der Waals surface area contributed by atoms with Gasteiger partial charge in [0, 0.05) is 6.04 Å². The molecule has 0 aromatic heterocycles. The number of hydrogen-bond acceptors (Lipinski definition) is 4. The Kier molecular flexibility index (Phi) is 6.93. The summed E-state index contributed by atoms with van der Waals surface area (Å²) < 4.78 is 0. The molecule has 1 rings (SSSR count). The predicted molar refractivity (Wildman–Crippen MR) is 70.3 cm³/mol. The van der Waals surface area contributed by atoms with Gasteiger partial charge in [0.25, 0.3) is 0 Å².